The normalized spacial score (nSPS) is 20.8. The van der Waals surface area contributed by atoms with E-state index in [2.05, 4.69) is 52.3 Å². The van der Waals surface area contributed by atoms with E-state index < -0.39 is 0 Å². The van der Waals surface area contributed by atoms with E-state index in [9.17, 15) is 5.26 Å². The molecule has 1 unspecified atom stereocenters. The first-order valence-electron chi connectivity index (χ1n) is 6.48. The van der Waals surface area contributed by atoms with Gasteiger partial charge in [0.1, 0.15) is 0 Å². The zero-order valence-electron chi connectivity index (χ0n) is 10.6. The Hall–Kier alpha value is -1.59. The SMILES string of the molecule is N#CC1(Cc2cccc(Br)c2)CCc2ccccc21. The van der Waals surface area contributed by atoms with E-state index in [1.54, 1.807) is 0 Å². The molecule has 0 aliphatic heterocycles. The fourth-order valence-electron chi connectivity index (χ4n) is 3.02. The average molecular weight is 312 g/mol. The van der Waals surface area contributed by atoms with Crippen molar-refractivity contribution in [1.82, 2.24) is 0 Å². The van der Waals surface area contributed by atoms with Crippen LogP contribution in [0.3, 0.4) is 0 Å². The van der Waals surface area contributed by atoms with Crippen LogP contribution in [0.4, 0.5) is 0 Å². The molecule has 2 heteroatoms. The highest BCUT2D eigenvalue weighted by atomic mass is 79.9. The van der Waals surface area contributed by atoms with Crippen molar-refractivity contribution in [2.75, 3.05) is 0 Å². The quantitative estimate of drug-likeness (QED) is 0.806. The van der Waals surface area contributed by atoms with Crippen molar-refractivity contribution in [3.63, 3.8) is 0 Å². The minimum Gasteiger partial charge on any atom is -0.197 e. The molecular weight excluding hydrogens is 298 g/mol. The Bertz CT molecular complexity index is 656. The van der Waals surface area contributed by atoms with E-state index in [4.69, 9.17) is 0 Å². The summed E-state index contributed by atoms with van der Waals surface area (Å²) in [5.41, 5.74) is 3.42. The first-order valence-corrected chi connectivity index (χ1v) is 7.27. The molecule has 1 aliphatic carbocycles. The smallest absolute Gasteiger partial charge is 0.0868 e. The lowest BCUT2D eigenvalue weighted by atomic mass is 9.78. The monoisotopic (exact) mass is 311 g/mol. The Kier molecular flexibility index (Phi) is 3.16. The molecular formula is C17H14BrN. The van der Waals surface area contributed by atoms with Gasteiger partial charge in [-0.25, -0.2) is 0 Å². The summed E-state index contributed by atoms with van der Waals surface area (Å²) in [6.07, 6.45) is 2.73. The van der Waals surface area contributed by atoms with Crippen molar-refractivity contribution in [1.29, 1.82) is 5.26 Å². The molecule has 2 aromatic carbocycles. The fourth-order valence-corrected chi connectivity index (χ4v) is 3.47. The maximum Gasteiger partial charge on any atom is 0.0868 e. The van der Waals surface area contributed by atoms with Crippen molar-refractivity contribution >= 4 is 15.9 Å². The van der Waals surface area contributed by atoms with E-state index in [1.165, 1.54) is 16.7 Å². The summed E-state index contributed by atoms with van der Waals surface area (Å²) < 4.78 is 1.07. The second kappa shape index (κ2) is 4.83. The molecule has 0 N–H and O–H groups in total. The van der Waals surface area contributed by atoms with Crippen LogP contribution in [0.1, 0.15) is 23.1 Å². The molecule has 1 atom stereocenters. The summed E-state index contributed by atoms with van der Waals surface area (Å²) in [6, 6.07) is 19.2. The maximum absolute atomic E-state index is 9.73. The lowest BCUT2D eigenvalue weighted by Gasteiger charge is -2.22. The molecule has 1 nitrogen and oxygen atoms in total. The van der Waals surface area contributed by atoms with Crippen molar-refractivity contribution < 1.29 is 0 Å². The number of hydrogen-bond donors (Lipinski definition) is 0. The van der Waals surface area contributed by atoms with Crippen LogP contribution in [0.5, 0.6) is 0 Å². The zero-order valence-corrected chi connectivity index (χ0v) is 12.2. The number of aryl methyl sites for hydroxylation is 1. The van der Waals surface area contributed by atoms with Gasteiger partial charge in [-0.1, -0.05) is 52.3 Å². The molecule has 3 rings (SSSR count). The largest absolute Gasteiger partial charge is 0.197 e. The Labute approximate surface area is 122 Å². The van der Waals surface area contributed by atoms with Gasteiger partial charge in [0.05, 0.1) is 11.5 Å². The average Bonchev–Trinajstić information content (AvgIpc) is 2.79. The van der Waals surface area contributed by atoms with Gasteiger partial charge in [0.15, 0.2) is 0 Å². The number of rotatable bonds is 2. The molecule has 0 spiro atoms. The third-order valence-corrected chi connectivity index (χ3v) is 4.46. The van der Waals surface area contributed by atoms with Crippen LogP contribution in [0, 0.1) is 11.3 Å². The molecule has 0 amide bonds. The molecule has 1 aliphatic rings. The number of nitrogens with zero attached hydrogens (tertiary/aromatic N) is 1. The van der Waals surface area contributed by atoms with Crippen LogP contribution in [0.25, 0.3) is 0 Å². The molecule has 0 fully saturated rings. The molecule has 0 bridgehead atoms. The van der Waals surface area contributed by atoms with Crippen molar-refractivity contribution in [2.45, 2.75) is 24.7 Å². The third kappa shape index (κ3) is 2.19. The molecule has 19 heavy (non-hydrogen) atoms. The molecule has 94 valence electrons. The van der Waals surface area contributed by atoms with Crippen LogP contribution in [-0.2, 0) is 18.3 Å². The third-order valence-electron chi connectivity index (χ3n) is 3.96. The predicted octanol–water partition coefficient (Wildman–Crippen LogP) is 4.40. The first kappa shape index (κ1) is 12.4. The lowest BCUT2D eigenvalue weighted by Crippen LogP contribution is -2.23. The number of fused-ring (bicyclic) bond motifs is 1. The second-order valence-electron chi connectivity index (χ2n) is 5.16. The summed E-state index contributed by atoms with van der Waals surface area (Å²) in [7, 11) is 0. The van der Waals surface area contributed by atoms with E-state index >= 15 is 0 Å². The molecule has 0 radical (unpaired) electrons. The number of halogens is 1. The van der Waals surface area contributed by atoms with Crippen LogP contribution in [-0.4, -0.2) is 0 Å². The van der Waals surface area contributed by atoms with Crippen LogP contribution in [0.15, 0.2) is 53.0 Å². The Morgan fingerprint density at radius 2 is 2.00 bits per heavy atom. The minimum absolute atomic E-state index is 0.350. The molecule has 0 aromatic heterocycles. The topological polar surface area (TPSA) is 23.8 Å². The minimum atomic E-state index is -0.350. The summed E-state index contributed by atoms with van der Waals surface area (Å²) in [6.45, 7) is 0. The van der Waals surface area contributed by atoms with Gasteiger partial charge in [-0.15, -0.1) is 0 Å². The molecule has 2 aromatic rings. The lowest BCUT2D eigenvalue weighted by molar-refractivity contribution is 0.541. The maximum atomic E-state index is 9.73. The molecule has 0 heterocycles. The van der Waals surface area contributed by atoms with E-state index in [1.807, 2.05) is 18.2 Å². The van der Waals surface area contributed by atoms with Gasteiger partial charge < -0.3 is 0 Å². The standard InChI is InChI=1S/C17H14BrN/c18-15-6-3-4-13(10-15)11-17(12-19)9-8-14-5-1-2-7-16(14)17/h1-7,10H,8-9,11H2. The van der Waals surface area contributed by atoms with Gasteiger partial charge in [0.25, 0.3) is 0 Å². The predicted molar refractivity (Wildman–Crippen MR) is 79.9 cm³/mol. The van der Waals surface area contributed by atoms with Gasteiger partial charge in [-0.3, -0.25) is 0 Å². The van der Waals surface area contributed by atoms with Gasteiger partial charge in [-0.2, -0.15) is 5.26 Å². The first-order chi connectivity index (χ1) is 9.23. The van der Waals surface area contributed by atoms with Gasteiger partial charge in [0, 0.05) is 4.47 Å². The van der Waals surface area contributed by atoms with E-state index in [-0.39, 0.29) is 5.41 Å². The summed E-state index contributed by atoms with van der Waals surface area (Å²) in [4.78, 5) is 0. The highest BCUT2D eigenvalue weighted by Crippen LogP contribution is 2.41. The summed E-state index contributed by atoms with van der Waals surface area (Å²) in [5.74, 6) is 0. The Morgan fingerprint density at radius 1 is 1.16 bits per heavy atom. The highest BCUT2D eigenvalue weighted by Gasteiger charge is 2.38. The summed E-state index contributed by atoms with van der Waals surface area (Å²) >= 11 is 3.50. The van der Waals surface area contributed by atoms with Gasteiger partial charge in [0.2, 0.25) is 0 Å². The Morgan fingerprint density at radius 3 is 2.79 bits per heavy atom. The second-order valence-corrected chi connectivity index (χ2v) is 6.07. The number of benzene rings is 2. The number of nitriles is 1. The fraction of sp³-hybridized carbons (Fsp3) is 0.235. The van der Waals surface area contributed by atoms with Gasteiger partial charge in [-0.05, 0) is 48.1 Å². The summed E-state index contributed by atoms with van der Waals surface area (Å²) in [5, 5.41) is 9.73. The van der Waals surface area contributed by atoms with Crippen LogP contribution in [0.2, 0.25) is 0 Å². The Balaban J connectivity index is 2.01. The van der Waals surface area contributed by atoms with E-state index in [0.717, 1.165) is 23.7 Å². The molecule has 0 saturated carbocycles. The van der Waals surface area contributed by atoms with Crippen LogP contribution >= 0.6 is 15.9 Å². The van der Waals surface area contributed by atoms with Crippen molar-refractivity contribution in [3.05, 3.63) is 69.7 Å². The number of hydrogen-bond acceptors (Lipinski definition) is 1. The molecule has 0 saturated heterocycles. The van der Waals surface area contributed by atoms with Crippen molar-refractivity contribution in [3.8, 4) is 6.07 Å². The zero-order chi connectivity index (χ0) is 13.3. The van der Waals surface area contributed by atoms with E-state index in [0.29, 0.717) is 0 Å². The van der Waals surface area contributed by atoms with Crippen LogP contribution < -0.4 is 0 Å². The van der Waals surface area contributed by atoms with Crippen molar-refractivity contribution in [2.24, 2.45) is 0 Å². The van der Waals surface area contributed by atoms with Gasteiger partial charge >= 0.3 is 0 Å². The highest BCUT2D eigenvalue weighted by molar-refractivity contribution is 9.10.